The summed E-state index contributed by atoms with van der Waals surface area (Å²) >= 11 is 3.29. The van der Waals surface area contributed by atoms with Crippen LogP contribution >= 0.6 is 15.9 Å². The SMILES string of the molecule is CCCCc1nc2ccc(C(=O)OCC)cc2n1Cc1ccc(Br)cc1F. The lowest BCUT2D eigenvalue weighted by atomic mass is 10.1. The maximum Gasteiger partial charge on any atom is 0.338 e. The van der Waals surface area contributed by atoms with Crippen molar-refractivity contribution in [1.29, 1.82) is 0 Å². The molecule has 0 atom stereocenters. The highest BCUT2D eigenvalue weighted by atomic mass is 79.9. The van der Waals surface area contributed by atoms with Crippen molar-refractivity contribution in [1.82, 2.24) is 9.55 Å². The normalized spacial score (nSPS) is 11.1. The Kier molecular flexibility index (Phi) is 6.26. The molecule has 0 amide bonds. The third-order valence-electron chi connectivity index (χ3n) is 4.44. The van der Waals surface area contributed by atoms with Crippen LogP contribution in [-0.2, 0) is 17.7 Å². The predicted octanol–water partition coefficient (Wildman–Crippen LogP) is 5.51. The number of hydrogen-bond donors (Lipinski definition) is 0. The smallest absolute Gasteiger partial charge is 0.338 e. The molecule has 3 rings (SSSR count). The highest BCUT2D eigenvalue weighted by Gasteiger charge is 2.16. The molecule has 0 bridgehead atoms. The largest absolute Gasteiger partial charge is 0.462 e. The minimum atomic E-state index is -0.364. The van der Waals surface area contributed by atoms with E-state index >= 15 is 0 Å². The maximum absolute atomic E-state index is 14.4. The Morgan fingerprint density at radius 1 is 1.22 bits per heavy atom. The molecule has 0 aliphatic carbocycles. The van der Waals surface area contributed by atoms with Gasteiger partial charge in [0.15, 0.2) is 0 Å². The van der Waals surface area contributed by atoms with E-state index in [9.17, 15) is 9.18 Å². The van der Waals surface area contributed by atoms with E-state index in [0.29, 0.717) is 28.8 Å². The fourth-order valence-electron chi connectivity index (χ4n) is 3.04. The maximum atomic E-state index is 14.4. The van der Waals surface area contributed by atoms with Crippen LogP contribution in [0.4, 0.5) is 4.39 Å². The Labute approximate surface area is 166 Å². The van der Waals surface area contributed by atoms with Gasteiger partial charge in [-0.15, -0.1) is 0 Å². The van der Waals surface area contributed by atoms with Gasteiger partial charge in [-0.05, 0) is 43.7 Å². The van der Waals surface area contributed by atoms with Crippen molar-refractivity contribution in [2.45, 2.75) is 39.7 Å². The van der Waals surface area contributed by atoms with Gasteiger partial charge < -0.3 is 9.30 Å². The summed E-state index contributed by atoms with van der Waals surface area (Å²) in [7, 11) is 0. The van der Waals surface area contributed by atoms with Crippen LogP contribution in [0.2, 0.25) is 0 Å². The average molecular weight is 433 g/mol. The lowest BCUT2D eigenvalue weighted by Crippen LogP contribution is -2.08. The molecule has 1 heterocycles. The van der Waals surface area contributed by atoms with Gasteiger partial charge in [0.1, 0.15) is 11.6 Å². The van der Waals surface area contributed by atoms with Crippen molar-refractivity contribution >= 4 is 32.9 Å². The number of aromatic nitrogens is 2. The number of benzene rings is 2. The quantitative estimate of drug-likeness (QED) is 0.462. The topological polar surface area (TPSA) is 44.1 Å². The number of rotatable bonds is 7. The Morgan fingerprint density at radius 2 is 2.04 bits per heavy atom. The molecule has 3 aromatic rings. The van der Waals surface area contributed by atoms with Gasteiger partial charge in [-0.3, -0.25) is 0 Å². The van der Waals surface area contributed by atoms with Gasteiger partial charge in [0, 0.05) is 16.5 Å². The van der Waals surface area contributed by atoms with Crippen LogP contribution in [0.3, 0.4) is 0 Å². The van der Waals surface area contributed by atoms with Gasteiger partial charge in [-0.1, -0.05) is 35.3 Å². The first-order valence-electron chi connectivity index (χ1n) is 9.13. The summed E-state index contributed by atoms with van der Waals surface area (Å²) in [5, 5.41) is 0. The number of hydrogen-bond acceptors (Lipinski definition) is 3. The predicted molar refractivity (Wildman–Crippen MR) is 108 cm³/mol. The third-order valence-corrected chi connectivity index (χ3v) is 4.93. The fraction of sp³-hybridized carbons (Fsp3) is 0.333. The Hall–Kier alpha value is -2.21. The molecule has 4 nitrogen and oxygen atoms in total. The summed E-state index contributed by atoms with van der Waals surface area (Å²) in [4.78, 5) is 16.8. The van der Waals surface area contributed by atoms with Crippen LogP contribution in [0.15, 0.2) is 40.9 Å². The third kappa shape index (κ3) is 4.38. The summed E-state index contributed by atoms with van der Waals surface area (Å²) in [6, 6.07) is 10.4. The molecule has 0 aliphatic rings. The second-order valence-corrected chi connectivity index (χ2v) is 7.29. The number of carbonyl (C=O) groups excluding carboxylic acids is 1. The Bertz CT molecular complexity index is 968. The van der Waals surface area contributed by atoms with E-state index in [-0.39, 0.29) is 11.8 Å². The van der Waals surface area contributed by atoms with Crippen LogP contribution in [0.25, 0.3) is 11.0 Å². The first kappa shape index (κ1) is 19.5. The number of aryl methyl sites for hydroxylation is 1. The average Bonchev–Trinajstić information content (AvgIpc) is 2.99. The molecule has 0 N–H and O–H groups in total. The molecule has 0 unspecified atom stereocenters. The zero-order chi connectivity index (χ0) is 19.4. The van der Waals surface area contributed by atoms with E-state index in [0.717, 1.165) is 36.1 Å². The van der Waals surface area contributed by atoms with E-state index in [2.05, 4.69) is 22.9 Å². The van der Waals surface area contributed by atoms with Gasteiger partial charge in [0.2, 0.25) is 0 Å². The summed E-state index contributed by atoms with van der Waals surface area (Å²) in [6.45, 7) is 4.59. The van der Waals surface area contributed by atoms with E-state index in [1.54, 1.807) is 25.1 Å². The van der Waals surface area contributed by atoms with Crippen molar-refractivity contribution in [3.8, 4) is 0 Å². The molecule has 0 saturated carbocycles. The van der Waals surface area contributed by atoms with Crippen LogP contribution < -0.4 is 0 Å². The minimum absolute atomic E-state index is 0.269. The number of halogens is 2. The van der Waals surface area contributed by atoms with E-state index in [1.807, 2.05) is 16.7 Å². The number of esters is 1. The highest BCUT2D eigenvalue weighted by Crippen LogP contribution is 2.23. The monoisotopic (exact) mass is 432 g/mol. The molecular weight excluding hydrogens is 411 g/mol. The number of nitrogens with zero attached hydrogens (tertiary/aromatic N) is 2. The van der Waals surface area contributed by atoms with E-state index in [1.165, 1.54) is 6.07 Å². The lowest BCUT2D eigenvalue weighted by Gasteiger charge is -2.11. The van der Waals surface area contributed by atoms with Gasteiger partial charge in [-0.2, -0.15) is 0 Å². The van der Waals surface area contributed by atoms with Gasteiger partial charge in [0.25, 0.3) is 0 Å². The number of carbonyl (C=O) groups is 1. The fourth-order valence-corrected chi connectivity index (χ4v) is 3.37. The zero-order valence-electron chi connectivity index (χ0n) is 15.5. The van der Waals surface area contributed by atoms with Crippen molar-refractivity contribution < 1.29 is 13.9 Å². The Balaban J connectivity index is 2.07. The molecule has 1 aromatic heterocycles. The summed E-state index contributed by atoms with van der Waals surface area (Å²) in [5.41, 5.74) is 2.67. The lowest BCUT2D eigenvalue weighted by molar-refractivity contribution is 0.0526. The zero-order valence-corrected chi connectivity index (χ0v) is 17.1. The number of imidazole rings is 1. The second-order valence-electron chi connectivity index (χ2n) is 6.38. The standard InChI is InChI=1S/C21H22BrFN2O2/c1-3-5-6-20-24-18-10-8-14(21(26)27-4-2)11-19(18)25(20)13-15-7-9-16(22)12-17(15)23/h7-12H,3-6,13H2,1-2H3. The van der Waals surface area contributed by atoms with Gasteiger partial charge >= 0.3 is 5.97 Å². The second kappa shape index (κ2) is 8.65. The number of fused-ring (bicyclic) bond motifs is 1. The molecule has 6 heteroatoms. The van der Waals surface area contributed by atoms with Crippen LogP contribution in [-0.4, -0.2) is 22.1 Å². The number of ether oxygens (including phenoxy) is 1. The molecule has 0 fully saturated rings. The van der Waals surface area contributed by atoms with Gasteiger partial charge in [-0.25, -0.2) is 14.2 Å². The van der Waals surface area contributed by atoms with Crippen LogP contribution in [0.1, 0.15) is 48.4 Å². The molecule has 2 aromatic carbocycles. The van der Waals surface area contributed by atoms with Gasteiger partial charge in [0.05, 0.1) is 29.7 Å². The molecule has 0 aliphatic heterocycles. The molecule has 0 spiro atoms. The summed E-state index contributed by atoms with van der Waals surface area (Å²) in [5.74, 6) is 0.265. The first-order chi connectivity index (χ1) is 13.0. The highest BCUT2D eigenvalue weighted by molar-refractivity contribution is 9.10. The van der Waals surface area contributed by atoms with Crippen LogP contribution in [0, 0.1) is 5.82 Å². The summed E-state index contributed by atoms with van der Waals surface area (Å²) in [6.07, 6.45) is 2.85. The first-order valence-corrected chi connectivity index (χ1v) is 9.93. The Morgan fingerprint density at radius 3 is 2.74 bits per heavy atom. The van der Waals surface area contributed by atoms with Crippen LogP contribution in [0.5, 0.6) is 0 Å². The van der Waals surface area contributed by atoms with Crippen molar-refractivity contribution in [3.63, 3.8) is 0 Å². The minimum Gasteiger partial charge on any atom is -0.462 e. The number of unbranched alkanes of at least 4 members (excludes halogenated alkanes) is 1. The summed E-state index contributed by atoms with van der Waals surface area (Å²) < 4.78 is 22.2. The van der Waals surface area contributed by atoms with Crippen molar-refractivity contribution in [3.05, 3.63) is 63.6 Å². The molecular formula is C21H22BrFN2O2. The van der Waals surface area contributed by atoms with E-state index in [4.69, 9.17) is 9.72 Å². The molecule has 0 saturated heterocycles. The van der Waals surface area contributed by atoms with E-state index < -0.39 is 0 Å². The molecule has 27 heavy (non-hydrogen) atoms. The molecule has 0 radical (unpaired) electrons. The van der Waals surface area contributed by atoms with Crippen molar-refractivity contribution in [2.24, 2.45) is 0 Å². The van der Waals surface area contributed by atoms with Crippen molar-refractivity contribution in [2.75, 3.05) is 6.61 Å². The molecule has 142 valence electrons.